The van der Waals surface area contributed by atoms with Gasteiger partial charge in [-0.1, -0.05) is 13.2 Å². The van der Waals surface area contributed by atoms with Gasteiger partial charge in [0.15, 0.2) is 5.41 Å². The minimum absolute atomic E-state index is 0.134. The van der Waals surface area contributed by atoms with Crippen LogP contribution in [-0.4, -0.2) is 26.2 Å². The SMILES string of the molecule is C=C=C(C)CC(CC(C)=C=C)(C(=O)OC)C(=O)OC. The number of ether oxygens (including phenoxy) is 2. The molecule has 0 aliphatic heterocycles. The van der Waals surface area contributed by atoms with Crippen molar-refractivity contribution in [3.63, 3.8) is 0 Å². The van der Waals surface area contributed by atoms with E-state index in [1.54, 1.807) is 13.8 Å². The highest BCUT2D eigenvalue weighted by Crippen LogP contribution is 2.35. The van der Waals surface area contributed by atoms with Gasteiger partial charge in [-0.3, -0.25) is 9.59 Å². The first-order chi connectivity index (χ1) is 8.87. The summed E-state index contributed by atoms with van der Waals surface area (Å²) in [6.45, 7) is 10.5. The Bertz CT molecular complexity index is 417. The molecule has 19 heavy (non-hydrogen) atoms. The summed E-state index contributed by atoms with van der Waals surface area (Å²) >= 11 is 0. The first-order valence-corrected chi connectivity index (χ1v) is 5.75. The number of allylic oxidation sites excluding steroid dienone is 2. The maximum Gasteiger partial charge on any atom is 0.323 e. The highest BCUT2D eigenvalue weighted by atomic mass is 16.5. The van der Waals surface area contributed by atoms with Crippen LogP contribution in [0.5, 0.6) is 0 Å². The average molecular weight is 264 g/mol. The predicted molar refractivity (Wildman–Crippen MR) is 72.4 cm³/mol. The molecule has 0 heterocycles. The quantitative estimate of drug-likeness (QED) is 0.420. The van der Waals surface area contributed by atoms with Gasteiger partial charge in [-0.05, 0) is 25.0 Å². The van der Waals surface area contributed by atoms with E-state index < -0.39 is 17.4 Å². The highest BCUT2D eigenvalue weighted by molar-refractivity contribution is 6.00. The first kappa shape index (κ1) is 17.0. The molecular formula is C15H20O4. The van der Waals surface area contributed by atoms with Gasteiger partial charge in [-0.2, -0.15) is 0 Å². The van der Waals surface area contributed by atoms with Crippen molar-refractivity contribution in [1.82, 2.24) is 0 Å². The van der Waals surface area contributed by atoms with E-state index in [9.17, 15) is 9.59 Å². The van der Waals surface area contributed by atoms with E-state index in [0.717, 1.165) is 0 Å². The van der Waals surface area contributed by atoms with E-state index in [0.29, 0.717) is 11.1 Å². The number of methoxy groups -OCH3 is 2. The van der Waals surface area contributed by atoms with E-state index in [1.165, 1.54) is 14.2 Å². The Morgan fingerprint density at radius 3 is 1.47 bits per heavy atom. The molecule has 0 unspecified atom stereocenters. The van der Waals surface area contributed by atoms with Crippen LogP contribution < -0.4 is 0 Å². The van der Waals surface area contributed by atoms with Crippen molar-refractivity contribution in [3.05, 3.63) is 35.8 Å². The molecule has 0 rings (SSSR count). The van der Waals surface area contributed by atoms with Crippen LogP contribution in [0, 0.1) is 5.41 Å². The van der Waals surface area contributed by atoms with Crippen LogP contribution >= 0.6 is 0 Å². The number of hydrogen-bond donors (Lipinski definition) is 0. The van der Waals surface area contributed by atoms with Gasteiger partial charge in [0.25, 0.3) is 0 Å². The zero-order valence-electron chi connectivity index (χ0n) is 12.0. The van der Waals surface area contributed by atoms with Crippen LogP contribution in [0.25, 0.3) is 0 Å². The number of carbonyl (C=O) groups is 2. The molecule has 0 aliphatic carbocycles. The third kappa shape index (κ3) is 3.99. The highest BCUT2D eigenvalue weighted by Gasteiger charge is 2.48. The zero-order valence-corrected chi connectivity index (χ0v) is 12.0. The Hall–Kier alpha value is -2.02. The number of hydrogen-bond acceptors (Lipinski definition) is 4. The minimum atomic E-state index is -1.44. The number of esters is 2. The third-order valence-corrected chi connectivity index (χ3v) is 2.89. The second-order valence-electron chi connectivity index (χ2n) is 4.33. The summed E-state index contributed by atoms with van der Waals surface area (Å²) < 4.78 is 9.53. The Labute approximate surface area is 114 Å². The zero-order chi connectivity index (χ0) is 15.1. The standard InChI is InChI=1S/C15H20O4/c1-7-11(3)9-15(13(16)18-5,14(17)19-6)10-12(4)8-2/h1-2,9-10H2,3-6H3. The van der Waals surface area contributed by atoms with Gasteiger partial charge in [-0.25, -0.2) is 0 Å². The van der Waals surface area contributed by atoms with Gasteiger partial charge in [0.1, 0.15) is 0 Å². The summed E-state index contributed by atoms with van der Waals surface area (Å²) in [7, 11) is 2.47. The summed E-state index contributed by atoms with van der Waals surface area (Å²) in [6.07, 6.45) is 0.268. The molecule has 0 saturated heterocycles. The van der Waals surface area contributed by atoms with E-state index in [4.69, 9.17) is 9.47 Å². The maximum absolute atomic E-state index is 12.1. The van der Waals surface area contributed by atoms with Gasteiger partial charge in [0.05, 0.1) is 14.2 Å². The average Bonchev–Trinajstić information content (AvgIpc) is 2.43. The molecule has 0 fully saturated rings. The minimum Gasteiger partial charge on any atom is -0.468 e. The Morgan fingerprint density at radius 2 is 1.26 bits per heavy atom. The second kappa shape index (κ2) is 7.42. The van der Waals surface area contributed by atoms with Gasteiger partial charge in [0, 0.05) is 12.8 Å². The van der Waals surface area contributed by atoms with Crippen molar-refractivity contribution < 1.29 is 19.1 Å². The molecule has 0 N–H and O–H groups in total. The maximum atomic E-state index is 12.1. The van der Waals surface area contributed by atoms with E-state index in [1.807, 2.05) is 0 Å². The van der Waals surface area contributed by atoms with E-state index in [2.05, 4.69) is 24.6 Å². The van der Waals surface area contributed by atoms with Crippen LogP contribution in [0.2, 0.25) is 0 Å². The van der Waals surface area contributed by atoms with Crippen molar-refractivity contribution in [3.8, 4) is 0 Å². The lowest BCUT2D eigenvalue weighted by molar-refractivity contribution is -0.169. The molecule has 0 aromatic carbocycles. The summed E-state index contributed by atoms with van der Waals surface area (Å²) in [6, 6.07) is 0. The van der Waals surface area contributed by atoms with Crippen LogP contribution in [0.15, 0.2) is 35.8 Å². The molecule has 104 valence electrons. The van der Waals surface area contributed by atoms with Gasteiger partial charge >= 0.3 is 11.9 Å². The van der Waals surface area contributed by atoms with Crippen molar-refractivity contribution >= 4 is 11.9 Å². The van der Waals surface area contributed by atoms with Crippen molar-refractivity contribution in [1.29, 1.82) is 0 Å². The lowest BCUT2D eigenvalue weighted by atomic mass is 9.76. The van der Waals surface area contributed by atoms with E-state index >= 15 is 0 Å². The lowest BCUT2D eigenvalue weighted by Gasteiger charge is -2.28. The molecule has 4 heteroatoms. The Morgan fingerprint density at radius 1 is 0.947 bits per heavy atom. The van der Waals surface area contributed by atoms with Gasteiger partial charge in [-0.15, -0.1) is 11.5 Å². The molecule has 0 saturated carbocycles. The molecule has 0 spiro atoms. The monoisotopic (exact) mass is 264 g/mol. The smallest absolute Gasteiger partial charge is 0.323 e. The fourth-order valence-corrected chi connectivity index (χ4v) is 1.86. The van der Waals surface area contributed by atoms with Gasteiger partial charge in [0.2, 0.25) is 0 Å². The number of rotatable bonds is 6. The summed E-state index contributed by atoms with van der Waals surface area (Å²) in [4.78, 5) is 24.2. The molecule has 0 aromatic heterocycles. The van der Waals surface area contributed by atoms with E-state index in [-0.39, 0.29) is 12.8 Å². The predicted octanol–water partition coefficient (Wildman–Crippen LogP) is 2.56. The molecule has 4 nitrogen and oxygen atoms in total. The molecule has 0 aliphatic rings. The second-order valence-corrected chi connectivity index (χ2v) is 4.33. The summed E-state index contributed by atoms with van der Waals surface area (Å²) in [5, 5.41) is 0. The molecule has 0 radical (unpaired) electrons. The lowest BCUT2D eigenvalue weighted by Crippen LogP contribution is -2.41. The molecule has 0 atom stereocenters. The Kier molecular flexibility index (Phi) is 6.63. The van der Waals surface area contributed by atoms with Crippen molar-refractivity contribution in [2.45, 2.75) is 26.7 Å². The largest absolute Gasteiger partial charge is 0.468 e. The van der Waals surface area contributed by atoms with Gasteiger partial charge < -0.3 is 9.47 Å². The fourth-order valence-electron chi connectivity index (χ4n) is 1.86. The summed E-state index contributed by atoms with van der Waals surface area (Å²) in [5.41, 5.74) is 5.26. The van der Waals surface area contributed by atoms with Crippen LogP contribution in [-0.2, 0) is 19.1 Å². The van der Waals surface area contributed by atoms with Crippen LogP contribution in [0.3, 0.4) is 0 Å². The normalized spacial score (nSPS) is 9.89. The first-order valence-electron chi connectivity index (χ1n) is 5.75. The van der Waals surface area contributed by atoms with Crippen LogP contribution in [0.4, 0.5) is 0 Å². The molecule has 0 amide bonds. The van der Waals surface area contributed by atoms with Crippen LogP contribution in [0.1, 0.15) is 26.7 Å². The molecular weight excluding hydrogens is 244 g/mol. The number of carbonyl (C=O) groups excluding carboxylic acids is 2. The Balaban J connectivity index is 5.84. The van der Waals surface area contributed by atoms with Crippen molar-refractivity contribution in [2.75, 3.05) is 14.2 Å². The topological polar surface area (TPSA) is 52.6 Å². The molecule has 0 aromatic rings. The fraction of sp³-hybridized carbons (Fsp3) is 0.467. The molecule has 0 bridgehead atoms. The van der Waals surface area contributed by atoms with Crippen molar-refractivity contribution in [2.24, 2.45) is 5.41 Å². The third-order valence-electron chi connectivity index (χ3n) is 2.89. The summed E-state index contributed by atoms with van der Waals surface area (Å²) in [5.74, 6) is -1.30.